The van der Waals surface area contributed by atoms with Gasteiger partial charge in [-0.05, 0) is 71.2 Å². The van der Waals surface area contributed by atoms with Gasteiger partial charge in [0.25, 0.3) is 0 Å². The zero-order valence-electron chi connectivity index (χ0n) is 24.3. The van der Waals surface area contributed by atoms with Gasteiger partial charge in [0.2, 0.25) is 5.91 Å². The average molecular weight is 590 g/mol. The van der Waals surface area contributed by atoms with Gasteiger partial charge >= 0.3 is 0 Å². The molecule has 0 spiro atoms. The molecule has 0 aromatic heterocycles. The summed E-state index contributed by atoms with van der Waals surface area (Å²) in [5, 5.41) is 4.83. The van der Waals surface area contributed by atoms with Crippen molar-refractivity contribution in [1.82, 2.24) is 0 Å². The van der Waals surface area contributed by atoms with Crippen LogP contribution in [0.25, 0.3) is 0 Å². The summed E-state index contributed by atoms with van der Waals surface area (Å²) in [6, 6.07) is 21.2. The number of carbonyl (C=O) groups is 2. The number of nitrogens with one attached hydrogen (secondary N) is 1. The van der Waals surface area contributed by atoms with E-state index in [4.69, 9.17) is 23.2 Å². The largest absolute Gasteiger partial charge is 0.357 e. The summed E-state index contributed by atoms with van der Waals surface area (Å²) in [7, 11) is 0. The molecule has 1 N–H and O–H groups in total. The molecular weight excluding hydrogens is 551 g/mol. The molecule has 3 aromatic carbocycles. The maximum absolute atomic E-state index is 14.2. The number of unbranched alkanes of at least 4 members (excludes halogenated alkanes) is 2. The lowest BCUT2D eigenvalue weighted by Crippen LogP contribution is -2.38. The van der Waals surface area contributed by atoms with Crippen LogP contribution in [0.3, 0.4) is 0 Å². The summed E-state index contributed by atoms with van der Waals surface area (Å²) >= 11 is 12.6. The Morgan fingerprint density at radius 2 is 1.56 bits per heavy atom. The SMILES string of the molecule is CCCCCC(=O)N1c2ccc(Cl)cc2NC2=C(C(=O)C[C@@H](c3ccc(Cl)cc3)C2)[C@H]1c1ccc(C(C)(C)C)cc1. The maximum atomic E-state index is 14.2. The first-order valence-corrected chi connectivity index (χ1v) is 15.3. The number of rotatable bonds is 6. The second kappa shape index (κ2) is 12.0. The van der Waals surface area contributed by atoms with Gasteiger partial charge in [-0.15, -0.1) is 0 Å². The van der Waals surface area contributed by atoms with E-state index in [1.807, 2.05) is 47.4 Å². The molecule has 0 unspecified atom stereocenters. The zero-order valence-corrected chi connectivity index (χ0v) is 25.8. The van der Waals surface area contributed by atoms with Crippen LogP contribution < -0.4 is 10.2 Å². The fourth-order valence-electron chi connectivity index (χ4n) is 5.99. The summed E-state index contributed by atoms with van der Waals surface area (Å²) < 4.78 is 0. The van der Waals surface area contributed by atoms with Gasteiger partial charge in [-0.3, -0.25) is 14.5 Å². The molecule has 4 nitrogen and oxygen atoms in total. The highest BCUT2D eigenvalue weighted by molar-refractivity contribution is 6.31. The third kappa shape index (κ3) is 6.24. The van der Waals surface area contributed by atoms with Crippen molar-refractivity contribution in [1.29, 1.82) is 0 Å². The van der Waals surface area contributed by atoms with Gasteiger partial charge in [0.1, 0.15) is 0 Å². The summed E-state index contributed by atoms with van der Waals surface area (Å²) in [6.45, 7) is 8.68. The number of anilines is 2. The molecule has 0 bridgehead atoms. The first-order valence-electron chi connectivity index (χ1n) is 14.6. The van der Waals surface area contributed by atoms with Gasteiger partial charge in [0.15, 0.2) is 5.78 Å². The number of hydrogen-bond donors (Lipinski definition) is 1. The van der Waals surface area contributed by atoms with Gasteiger partial charge in [0.05, 0.1) is 17.4 Å². The lowest BCUT2D eigenvalue weighted by molar-refractivity contribution is -0.119. The molecule has 1 amide bonds. The number of carbonyl (C=O) groups excluding carboxylic acids is 2. The second-order valence-corrected chi connectivity index (χ2v) is 13.1. The molecule has 5 rings (SSSR count). The average Bonchev–Trinajstić information content (AvgIpc) is 3.07. The van der Waals surface area contributed by atoms with Crippen molar-refractivity contribution < 1.29 is 9.59 Å². The maximum Gasteiger partial charge on any atom is 0.227 e. The molecule has 3 aromatic rings. The number of Topliss-reactive ketones (excluding diaryl/α,β-unsaturated/α-hetero) is 1. The van der Waals surface area contributed by atoms with Crippen LogP contribution in [0.2, 0.25) is 10.0 Å². The van der Waals surface area contributed by atoms with Crippen molar-refractivity contribution in [2.75, 3.05) is 10.2 Å². The number of allylic oxidation sites excluding steroid dienone is 1. The molecule has 2 atom stereocenters. The smallest absolute Gasteiger partial charge is 0.227 e. The number of benzene rings is 3. The quantitative estimate of drug-likeness (QED) is 0.291. The van der Waals surface area contributed by atoms with Crippen molar-refractivity contribution in [3.05, 3.63) is 105 Å². The molecule has 1 heterocycles. The Morgan fingerprint density at radius 1 is 0.902 bits per heavy atom. The monoisotopic (exact) mass is 588 g/mol. The van der Waals surface area contributed by atoms with Crippen LogP contribution in [0.15, 0.2) is 78.0 Å². The molecule has 1 aliphatic heterocycles. The molecule has 0 saturated heterocycles. The Labute approximate surface area is 253 Å². The van der Waals surface area contributed by atoms with Gasteiger partial charge in [-0.1, -0.05) is 100 Å². The molecule has 41 heavy (non-hydrogen) atoms. The summed E-state index contributed by atoms with van der Waals surface area (Å²) in [5.41, 5.74) is 6.18. The zero-order chi connectivity index (χ0) is 29.3. The lowest BCUT2D eigenvalue weighted by Gasteiger charge is -2.35. The molecule has 0 fully saturated rings. The topological polar surface area (TPSA) is 49.4 Å². The van der Waals surface area contributed by atoms with E-state index in [0.29, 0.717) is 34.9 Å². The van der Waals surface area contributed by atoms with E-state index in [0.717, 1.165) is 47.5 Å². The molecule has 2 aliphatic rings. The van der Waals surface area contributed by atoms with Crippen LogP contribution >= 0.6 is 23.2 Å². The molecule has 0 saturated carbocycles. The fraction of sp³-hybridized carbons (Fsp3) is 0.371. The minimum atomic E-state index is -0.540. The van der Waals surface area contributed by atoms with Crippen molar-refractivity contribution in [3.8, 4) is 0 Å². The van der Waals surface area contributed by atoms with Crippen molar-refractivity contribution in [2.24, 2.45) is 0 Å². The predicted octanol–water partition coefficient (Wildman–Crippen LogP) is 9.77. The van der Waals surface area contributed by atoms with Gasteiger partial charge < -0.3 is 5.32 Å². The summed E-state index contributed by atoms with van der Waals surface area (Å²) in [4.78, 5) is 30.2. The van der Waals surface area contributed by atoms with Crippen LogP contribution in [0.4, 0.5) is 11.4 Å². The van der Waals surface area contributed by atoms with E-state index in [1.165, 1.54) is 5.56 Å². The number of amides is 1. The van der Waals surface area contributed by atoms with E-state index in [-0.39, 0.29) is 23.0 Å². The van der Waals surface area contributed by atoms with Gasteiger partial charge in [-0.25, -0.2) is 0 Å². The fourth-order valence-corrected chi connectivity index (χ4v) is 6.29. The van der Waals surface area contributed by atoms with E-state index < -0.39 is 6.04 Å². The highest BCUT2D eigenvalue weighted by Crippen LogP contribution is 2.48. The summed E-state index contributed by atoms with van der Waals surface area (Å²) in [5.74, 6) is 0.0633. The van der Waals surface area contributed by atoms with Crippen molar-refractivity contribution in [3.63, 3.8) is 0 Å². The van der Waals surface area contributed by atoms with Crippen molar-refractivity contribution in [2.45, 2.75) is 83.6 Å². The standard InChI is InChI=1S/C35H38Cl2N2O2/c1-5-6-7-8-32(41)39-30-18-17-27(37)21-28(30)38-29-19-24(22-11-15-26(36)16-12-22)20-31(40)33(29)34(39)23-9-13-25(14-10-23)35(2,3)4/h9-18,21,24,34,38H,5-8,19-20H2,1-4H3/t24-,34+/m0/s1. The Morgan fingerprint density at radius 3 is 2.22 bits per heavy atom. The van der Waals surface area contributed by atoms with E-state index in [9.17, 15) is 9.59 Å². The second-order valence-electron chi connectivity index (χ2n) is 12.3. The minimum absolute atomic E-state index is 0.00405. The summed E-state index contributed by atoms with van der Waals surface area (Å²) in [6.07, 6.45) is 4.23. The molecule has 0 radical (unpaired) electrons. The minimum Gasteiger partial charge on any atom is -0.357 e. The number of nitrogens with zero attached hydrogens (tertiary/aromatic N) is 1. The highest BCUT2D eigenvalue weighted by atomic mass is 35.5. The van der Waals surface area contributed by atoms with E-state index >= 15 is 0 Å². The van der Waals surface area contributed by atoms with Crippen LogP contribution in [-0.4, -0.2) is 11.7 Å². The number of hydrogen-bond acceptors (Lipinski definition) is 3. The highest BCUT2D eigenvalue weighted by Gasteiger charge is 2.41. The lowest BCUT2D eigenvalue weighted by atomic mass is 9.77. The molecular formula is C35H38Cl2N2O2. The molecule has 1 aliphatic carbocycles. The third-order valence-corrected chi connectivity index (χ3v) is 8.73. The molecule has 214 valence electrons. The first kappa shape index (κ1) is 29.4. The number of halogens is 2. The Hall–Kier alpha value is -3.08. The van der Waals surface area contributed by atoms with Crippen LogP contribution in [0, 0.1) is 0 Å². The molecule has 6 heteroatoms. The Kier molecular flexibility index (Phi) is 8.63. The number of ketones is 1. The predicted molar refractivity (Wildman–Crippen MR) is 170 cm³/mol. The first-order chi connectivity index (χ1) is 19.6. The third-order valence-electron chi connectivity index (χ3n) is 8.24. The Balaban J connectivity index is 1.68. The van der Waals surface area contributed by atoms with Crippen LogP contribution in [-0.2, 0) is 15.0 Å². The van der Waals surface area contributed by atoms with E-state index in [1.54, 1.807) is 0 Å². The van der Waals surface area contributed by atoms with Crippen LogP contribution in [0.5, 0.6) is 0 Å². The van der Waals surface area contributed by atoms with E-state index in [2.05, 4.69) is 57.3 Å². The normalized spacial score (nSPS) is 18.9. The Bertz CT molecular complexity index is 1470. The van der Waals surface area contributed by atoms with Gasteiger partial charge in [0, 0.05) is 34.2 Å². The van der Waals surface area contributed by atoms with Crippen LogP contribution in [0.1, 0.15) is 94.9 Å². The number of fused-ring (bicyclic) bond motifs is 1. The van der Waals surface area contributed by atoms with Crippen molar-refractivity contribution >= 4 is 46.3 Å². The van der Waals surface area contributed by atoms with Gasteiger partial charge in [-0.2, -0.15) is 0 Å².